The van der Waals surface area contributed by atoms with E-state index in [4.69, 9.17) is 9.72 Å². The number of pyridine rings is 1. The molecule has 3 N–H and O–H groups in total. The smallest absolute Gasteiger partial charge is 0.167 e. The molecule has 3 aromatic carbocycles. The fourth-order valence-electron chi connectivity index (χ4n) is 4.86. The lowest BCUT2D eigenvalue weighted by Crippen LogP contribution is -2.34. The molecule has 196 valence electrons. The maximum atomic E-state index is 13.2. The predicted molar refractivity (Wildman–Crippen MR) is 150 cm³/mol. The second-order valence-electron chi connectivity index (χ2n) is 10.2. The molecule has 1 saturated carbocycles. The number of aryl methyl sites for hydroxylation is 1. The van der Waals surface area contributed by atoms with Gasteiger partial charge in [-0.2, -0.15) is 0 Å². The van der Waals surface area contributed by atoms with E-state index in [0.29, 0.717) is 23.4 Å². The van der Waals surface area contributed by atoms with Crippen LogP contribution in [0.2, 0.25) is 0 Å². The lowest BCUT2D eigenvalue weighted by atomic mass is 9.95. The molecule has 6 nitrogen and oxygen atoms in total. The third-order valence-corrected chi connectivity index (χ3v) is 7.41. The van der Waals surface area contributed by atoms with Crippen LogP contribution >= 0.6 is 0 Å². The van der Waals surface area contributed by atoms with Gasteiger partial charge < -0.3 is 20.3 Å². The Morgan fingerprint density at radius 3 is 2.24 bits per heavy atom. The van der Waals surface area contributed by atoms with Gasteiger partial charge in [-0.3, -0.25) is 4.79 Å². The molecular formula is C32H34N2O4. The Bertz CT molecular complexity index is 1440. The Kier molecular flexibility index (Phi) is 7.56. The van der Waals surface area contributed by atoms with Crippen LogP contribution in [-0.2, 0) is 6.54 Å². The number of fused-ring (bicyclic) bond motifs is 1. The Balaban J connectivity index is 1.45. The number of aromatic nitrogens is 1. The Labute approximate surface area is 223 Å². The molecule has 0 radical (unpaired) electrons. The van der Waals surface area contributed by atoms with Gasteiger partial charge in [0.1, 0.15) is 5.69 Å². The number of ether oxygens (including phenoxy) is 1. The van der Waals surface area contributed by atoms with Crippen LogP contribution in [0.3, 0.4) is 0 Å². The van der Waals surface area contributed by atoms with Crippen molar-refractivity contribution in [2.75, 3.05) is 20.3 Å². The monoisotopic (exact) mass is 510 g/mol. The number of rotatable bonds is 11. The number of methoxy groups -OCH3 is 1. The van der Waals surface area contributed by atoms with Crippen LogP contribution in [-0.4, -0.2) is 46.8 Å². The molecule has 1 aromatic heterocycles. The van der Waals surface area contributed by atoms with Crippen LogP contribution in [0.5, 0.6) is 5.75 Å². The Hall–Kier alpha value is -3.58. The van der Waals surface area contributed by atoms with Crippen LogP contribution < -0.4 is 10.1 Å². The van der Waals surface area contributed by atoms with E-state index < -0.39 is 0 Å². The number of benzene rings is 3. The number of carbonyl (C=O) groups excluding carboxylic acids is 1. The summed E-state index contributed by atoms with van der Waals surface area (Å²) in [5.74, 6) is 0.403. The summed E-state index contributed by atoms with van der Waals surface area (Å²) in [4.78, 5) is 18.1. The molecule has 0 spiro atoms. The summed E-state index contributed by atoms with van der Waals surface area (Å²) in [5, 5.41) is 23.0. The van der Waals surface area contributed by atoms with E-state index in [9.17, 15) is 15.0 Å². The van der Waals surface area contributed by atoms with Gasteiger partial charge in [0, 0.05) is 36.1 Å². The zero-order valence-corrected chi connectivity index (χ0v) is 22.0. The minimum atomic E-state index is -0.0749. The molecule has 1 fully saturated rings. The van der Waals surface area contributed by atoms with E-state index in [1.165, 1.54) is 5.56 Å². The van der Waals surface area contributed by atoms with Crippen molar-refractivity contribution in [3.63, 3.8) is 0 Å². The zero-order chi connectivity index (χ0) is 26.7. The molecule has 1 heterocycles. The summed E-state index contributed by atoms with van der Waals surface area (Å²) in [7, 11) is 1.57. The lowest BCUT2D eigenvalue weighted by molar-refractivity contribution is 0.0970. The van der Waals surface area contributed by atoms with E-state index in [2.05, 4.69) is 41.7 Å². The van der Waals surface area contributed by atoms with Crippen molar-refractivity contribution in [2.24, 2.45) is 0 Å². The van der Waals surface area contributed by atoms with Crippen molar-refractivity contribution in [3.8, 4) is 28.1 Å². The SMILES string of the molecule is COc1c(-c2ccc(-c3ccc(CNC4(CO)CC4)cc3)cc2)nc2ccc(C)cc2c1C(=O)CCCO. The van der Waals surface area contributed by atoms with Crippen molar-refractivity contribution in [2.45, 2.75) is 44.7 Å². The van der Waals surface area contributed by atoms with Gasteiger partial charge in [-0.25, -0.2) is 4.98 Å². The number of aliphatic hydroxyl groups excluding tert-OH is 2. The van der Waals surface area contributed by atoms with Crippen LogP contribution in [0.4, 0.5) is 0 Å². The maximum absolute atomic E-state index is 13.2. The third kappa shape index (κ3) is 5.34. The van der Waals surface area contributed by atoms with Gasteiger partial charge in [0.15, 0.2) is 11.5 Å². The molecule has 6 heteroatoms. The minimum absolute atomic E-state index is 0.0364. The van der Waals surface area contributed by atoms with Gasteiger partial charge in [-0.15, -0.1) is 0 Å². The first-order valence-corrected chi connectivity index (χ1v) is 13.1. The molecule has 1 aliphatic carbocycles. The Morgan fingerprint density at radius 2 is 1.63 bits per heavy atom. The number of aliphatic hydroxyl groups is 2. The van der Waals surface area contributed by atoms with Crippen molar-refractivity contribution in [1.82, 2.24) is 10.3 Å². The summed E-state index contributed by atoms with van der Waals surface area (Å²) in [5.41, 5.74) is 7.09. The van der Waals surface area contributed by atoms with E-state index in [0.717, 1.165) is 52.5 Å². The van der Waals surface area contributed by atoms with E-state index in [-0.39, 0.29) is 31.0 Å². The topological polar surface area (TPSA) is 91.7 Å². The average Bonchev–Trinajstić information content (AvgIpc) is 3.74. The number of hydrogen-bond acceptors (Lipinski definition) is 6. The molecule has 5 rings (SSSR count). The molecule has 38 heavy (non-hydrogen) atoms. The van der Waals surface area contributed by atoms with Gasteiger partial charge in [-0.05, 0) is 55.0 Å². The number of nitrogens with one attached hydrogen (secondary N) is 1. The van der Waals surface area contributed by atoms with Crippen LogP contribution in [0.1, 0.15) is 47.2 Å². The van der Waals surface area contributed by atoms with Crippen molar-refractivity contribution in [3.05, 3.63) is 83.4 Å². The fourth-order valence-corrected chi connectivity index (χ4v) is 4.86. The standard InChI is InChI=1S/C32H34N2O4/c1-21-5-14-27-26(18-21)29(28(37)4-3-17-35)31(38-2)30(34-27)25-12-10-24(11-13-25)23-8-6-22(7-9-23)19-33-32(20-36)15-16-32/h5-14,18,33,35-36H,3-4,15-17,19-20H2,1-2H3. The molecule has 4 aromatic rings. The number of Topliss-reactive ketones (excluding diaryl/α,β-unsaturated/α-hetero) is 1. The quantitative estimate of drug-likeness (QED) is 0.232. The molecule has 0 amide bonds. The van der Waals surface area contributed by atoms with Crippen LogP contribution in [0.25, 0.3) is 33.3 Å². The molecular weight excluding hydrogens is 476 g/mol. The van der Waals surface area contributed by atoms with E-state index in [1.807, 2.05) is 37.3 Å². The maximum Gasteiger partial charge on any atom is 0.167 e. The van der Waals surface area contributed by atoms with Gasteiger partial charge in [-0.1, -0.05) is 60.2 Å². The summed E-state index contributed by atoms with van der Waals surface area (Å²) in [6.07, 6.45) is 2.70. The normalized spacial score (nSPS) is 14.0. The lowest BCUT2D eigenvalue weighted by Gasteiger charge is -2.16. The van der Waals surface area contributed by atoms with Crippen LogP contribution in [0, 0.1) is 6.92 Å². The number of hydrogen-bond donors (Lipinski definition) is 3. The van der Waals surface area contributed by atoms with E-state index >= 15 is 0 Å². The van der Waals surface area contributed by atoms with E-state index in [1.54, 1.807) is 7.11 Å². The third-order valence-electron chi connectivity index (χ3n) is 7.41. The summed E-state index contributed by atoms with van der Waals surface area (Å²) in [6, 6.07) is 22.5. The highest BCUT2D eigenvalue weighted by Crippen LogP contribution is 2.38. The largest absolute Gasteiger partial charge is 0.494 e. The highest BCUT2D eigenvalue weighted by molar-refractivity contribution is 6.11. The van der Waals surface area contributed by atoms with Crippen LogP contribution in [0.15, 0.2) is 66.7 Å². The average molecular weight is 511 g/mol. The molecule has 0 saturated heterocycles. The summed E-state index contributed by atoms with van der Waals surface area (Å²) >= 11 is 0. The molecule has 0 unspecified atom stereocenters. The summed E-state index contributed by atoms with van der Waals surface area (Å²) in [6.45, 7) is 2.88. The van der Waals surface area contributed by atoms with Gasteiger partial charge in [0.25, 0.3) is 0 Å². The number of nitrogens with zero attached hydrogens (tertiary/aromatic N) is 1. The second-order valence-corrected chi connectivity index (χ2v) is 10.2. The molecule has 1 aliphatic rings. The van der Waals surface area contributed by atoms with Gasteiger partial charge in [0.05, 0.1) is 24.8 Å². The molecule has 0 atom stereocenters. The first kappa shape index (κ1) is 26.0. The first-order chi connectivity index (χ1) is 18.5. The van der Waals surface area contributed by atoms with Crippen molar-refractivity contribution >= 4 is 16.7 Å². The van der Waals surface area contributed by atoms with Crippen molar-refractivity contribution < 1.29 is 19.7 Å². The Morgan fingerprint density at radius 1 is 0.974 bits per heavy atom. The van der Waals surface area contributed by atoms with Crippen molar-refractivity contribution in [1.29, 1.82) is 0 Å². The second kappa shape index (κ2) is 11.0. The zero-order valence-electron chi connectivity index (χ0n) is 22.0. The fraction of sp³-hybridized carbons (Fsp3) is 0.312. The molecule has 0 aliphatic heterocycles. The predicted octanol–water partition coefficient (Wildman–Crippen LogP) is 5.46. The highest BCUT2D eigenvalue weighted by atomic mass is 16.5. The minimum Gasteiger partial charge on any atom is -0.494 e. The van der Waals surface area contributed by atoms with Gasteiger partial charge >= 0.3 is 0 Å². The number of carbonyl (C=O) groups is 1. The van der Waals surface area contributed by atoms with Gasteiger partial charge in [0.2, 0.25) is 0 Å². The first-order valence-electron chi connectivity index (χ1n) is 13.1. The number of ketones is 1. The highest BCUT2D eigenvalue weighted by Gasteiger charge is 2.41. The molecule has 0 bridgehead atoms. The summed E-state index contributed by atoms with van der Waals surface area (Å²) < 4.78 is 5.80.